The van der Waals surface area contributed by atoms with Crippen molar-refractivity contribution in [2.45, 2.75) is 55.6 Å². The number of benzene rings is 1. The second kappa shape index (κ2) is 8.47. The van der Waals surface area contributed by atoms with E-state index in [2.05, 4.69) is 6.58 Å². The Morgan fingerprint density at radius 3 is 2.55 bits per heavy atom. The molecule has 0 aliphatic carbocycles. The van der Waals surface area contributed by atoms with Crippen LogP contribution < -0.4 is 4.90 Å². The van der Waals surface area contributed by atoms with Gasteiger partial charge in [0.1, 0.15) is 6.04 Å². The first-order valence-electron chi connectivity index (χ1n) is 11.5. The van der Waals surface area contributed by atoms with Gasteiger partial charge in [-0.05, 0) is 51.2 Å². The van der Waals surface area contributed by atoms with Crippen LogP contribution in [0.15, 0.2) is 30.9 Å². The monoisotopic (exact) mass is 472 g/mol. The minimum atomic E-state index is -0.974. The van der Waals surface area contributed by atoms with Crippen LogP contribution in [0.2, 0.25) is 0 Å². The van der Waals surface area contributed by atoms with Gasteiger partial charge in [-0.25, -0.2) is 0 Å². The highest BCUT2D eigenvalue weighted by Crippen LogP contribution is 2.71. The number of aliphatic hydroxyl groups excluding tert-OH is 1. The summed E-state index contributed by atoms with van der Waals surface area (Å²) >= 11 is 1.53. The van der Waals surface area contributed by atoms with Crippen LogP contribution in [0.3, 0.4) is 0 Å². The van der Waals surface area contributed by atoms with Crippen LogP contribution in [-0.4, -0.2) is 68.1 Å². The highest BCUT2D eigenvalue weighted by Gasteiger charge is 2.77. The summed E-state index contributed by atoms with van der Waals surface area (Å²) in [6.45, 7) is 10.1. The average molecular weight is 473 g/mol. The number of carboxylic acid groups (broad SMARTS) is 1. The number of amides is 2. The van der Waals surface area contributed by atoms with Crippen molar-refractivity contribution in [2.24, 2.45) is 11.8 Å². The van der Waals surface area contributed by atoms with Crippen molar-refractivity contribution in [3.63, 3.8) is 0 Å². The zero-order valence-electron chi connectivity index (χ0n) is 19.4. The van der Waals surface area contributed by atoms with Gasteiger partial charge >= 0.3 is 5.97 Å². The molecule has 3 fully saturated rings. The highest BCUT2D eigenvalue weighted by atomic mass is 32.2. The number of aliphatic hydroxyl groups is 1. The molecule has 2 unspecified atom stereocenters. The minimum absolute atomic E-state index is 0.108. The van der Waals surface area contributed by atoms with Crippen LogP contribution in [0.5, 0.6) is 0 Å². The Kier molecular flexibility index (Phi) is 6.12. The lowest BCUT2D eigenvalue weighted by Gasteiger charge is -2.38. The van der Waals surface area contributed by atoms with Gasteiger partial charge in [-0.1, -0.05) is 24.3 Å². The number of aryl methyl sites for hydroxylation is 2. The molecule has 8 heteroatoms. The van der Waals surface area contributed by atoms with Crippen LogP contribution in [0.1, 0.15) is 37.3 Å². The molecule has 0 radical (unpaired) electrons. The third-order valence-electron chi connectivity index (χ3n) is 7.62. The van der Waals surface area contributed by atoms with Crippen molar-refractivity contribution in [3.8, 4) is 0 Å². The maximum absolute atomic E-state index is 14.3. The molecule has 1 aromatic rings. The number of carbonyl (C=O) groups excluding carboxylic acids is 2. The number of nitrogens with zero attached hydrogens (tertiary/aromatic N) is 2. The zero-order chi connectivity index (χ0) is 24.1. The summed E-state index contributed by atoms with van der Waals surface area (Å²) in [7, 11) is 0. The number of hydrogen-bond donors (Lipinski definition) is 2. The molecule has 178 valence electrons. The largest absolute Gasteiger partial charge is 0.481 e. The minimum Gasteiger partial charge on any atom is -0.481 e. The van der Waals surface area contributed by atoms with Gasteiger partial charge in [-0.15, -0.1) is 18.3 Å². The summed E-state index contributed by atoms with van der Waals surface area (Å²) < 4.78 is -1.35. The topological polar surface area (TPSA) is 98.2 Å². The Labute approximate surface area is 198 Å². The first-order chi connectivity index (χ1) is 15.6. The smallest absolute Gasteiger partial charge is 0.308 e. The predicted molar refractivity (Wildman–Crippen MR) is 128 cm³/mol. The summed E-state index contributed by atoms with van der Waals surface area (Å²) in [5.74, 6) is -3.02. The van der Waals surface area contributed by atoms with Gasteiger partial charge in [0.2, 0.25) is 5.91 Å². The third-order valence-corrected chi connectivity index (χ3v) is 9.61. The molecule has 1 spiro atoms. The molecular formula is C25H32N2O5S. The van der Waals surface area contributed by atoms with Gasteiger partial charge in [0.05, 0.1) is 16.6 Å². The summed E-state index contributed by atoms with van der Waals surface area (Å²) in [5.41, 5.74) is 2.70. The van der Waals surface area contributed by atoms with Crippen molar-refractivity contribution in [2.75, 3.05) is 24.6 Å². The fourth-order valence-corrected chi connectivity index (χ4v) is 8.71. The molecular weight excluding hydrogens is 440 g/mol. The van der Waals surface area contributed by atoms with Crippen LogP contribution in [0, 0.1) is 25.7 Å². The van der Waals surface area contributed by atoms with Gasteiger partial charge in [0.15, 0.2) is 0 Å². The number of fused-ring (bicyclic) bond motifs is 1. The van der Waals surface area contributed by atoms with Crippen LogP contribution >= 0.6 is 11.8 Å². The van der Waals surface area contributed by atoms with Gasteiger partial charge in [-0.3, -0.25) is 14.4 Å². The second-order valence-electron chi connectivity index (χ2n) is 9.65. The van der Waals surface area contributed by atoms with Gasteiger partial charge < -0.3 is 20.0 Å². The van der Waals surface area contributed by atoms with E-state index in [1.807, 2.05) is 39.0 Å². The lowest BCUT2D eigenvalue weighted by molar-refractivity contribution is -0.150. The second-order valence-corrected chi connectivity index (χ2v) is 11.5. The number of likely N-dealkylation sites (tertiary alicyclic amines) is 1. The van der Waals surface area contributed by atoms with E-state index >= 15 is 0 Å². The van der Waals surface area contributed by atoms with Gasteiger partial charge in [0, 0.05) is 30.1 Å². The standard InChI is InChI=1S/C25H32N2O5S/c1-5-12-26(19-15(2)8-6-9-16(19)3)22(30)20-25-11-10-24(4,33-25)18(23(31)32)17(25)21(29)27(20)13-7-14-28/h5-6,8-9,17-18,20,28H,1,7,10-14H2,2-4H3,(H,31,32)/t17-,18-,20?,24+,25?/m0/s1. The average Bonchev–Trinajstić information content (AvgIpc) is 3.31. The van der Waals surface area contributed by atoms with Gasteiger partial charge in [-0.2, -0.15) is 0 Å². The quantitative estimate of drug-likeness (QED) is 0.565. The van der Waals surface area contributed by atoms with E-state index in [1.165, 1.54) is 11.8 Å². The molecule has 2 N–H and O–H groups in total. The summed E-state index contributed by atoms with van der Waals surface area (Å²) in [6.07, 6.45) is 3.28. The first kappa shape index (κ1) is 23.8. The van der Waals surface area contributed by atoms with Crippen molar-refractivity contribution in [1.29, 1.82) is 0 Å². The van der Waals surface area contributed by atoms with E-state index < -0.39 is 33.3 Å². The third kappa shape index (κ3) is 3.41. The van der Waals surface area contributed by atoms with Crippen molar-refractivity contribution in [3.05, 3.63) is 42.0 Å². The van der Waals surface area contributed by atoms with E-state index in [0.717, 1.165) is 16.8 Å². The Morgan fingerprint density at radius 1 is 1.30 bits per heavy atom. The molecule has 2 bridgehead atoms. The highest BCUT2D eigenvalue weighted by molar-refractivity contribution is 8.02. The summed E-state index contributed by atoms with van der Waals surface area (Å²) in [5, 5.41) is 19.5. The van der Waals surface area contributed by atoms with E-state index in [1.54, 1.807) is 15.9 Å². The van der Waals surface area contributed by atoms with Crippen LogP contribution in [0.4, 0.5) is 5.69 Å². The maximum Gasteiger partial charge on any atom is 0.308 e. The van der Waals surface area contributed by atoms with E-state index in [0.29, 0.717) is 19.3 Å². The van der Waals surface area contributed by atoms with Crippen molar-refractivity contribution in [1.82, 2.24) is 4.90 Å². The van der Waals surface area contributed by atoms with Gasteiger partial charge in [0.25, 0.3) is 5.91 Å². The van der Waals surface area contributed by atoms with Crippen LogP contribution in [-0.2, 0) is 14.4 Å². The molecule has 33 heavy (non-hydrogen) atoms. The predicted octanol–water partition coefficient (Wildman–Crippen LogP) is 2.77. The number of hydrogen-bond acceptors (Lipinski definition) is 5. The lowest BCUT2D eigenvalue weighted by atomic mass is 9.66. The number of thioether (sulfide) groups is 1. The summed E-state index contributed by atoms with van der Waals surface area (Å²) in [4.78, 5) is 43.6. The Bertz CT molecular complexity index is 992. The SMILES string of the molecule is C=CCN(C(=O)C1N(CCCO)C(=O)[C@@H]2[C@@H](C(=O)O)[C@@]3(C)CCC12S3)c1c(C)cccc1C. The number of aliphatic carboxylic acids is 1. The number of rotatable bonds is 8. The number of anilines is 1. The Balaban J connectivity index is 1.84. The number of carbonyl (C=O) groups is 3. The molecule has 7 nitrogen and oxygen atoms in total. The van der Waals surface area contributed by atoms with Crippen LogP contribution in [0.25, 0.3) is 0 Å². The Hall–Kier alpha value is -2.32. The normalized spacial score (nSPS) is 32.2. The Morgan fingerprint density at radius 2 is 1.97 bits per heavy atom. The molecule has 3 saturated heterocycles. The fourth-order valence-electron chi connectivity index (χ4n) is 6.36. The molecule has 1 aromatic carbocycles. The van der Waals surface area contributed by atoms with Crippen molar-refractivity contribution < 1.29 is 24.6 Å². The zero-order valence-corrected chi connectivity index (χ0v) is 20.2. The van der Waals surface area contributed by atoms with Crippen molar-refractivity contribution >= 4 is 35.2 Å². The fraction of sp³-hybridized carbons (Fsp3) is 0.560. The molecule has 0 aromatic heterocycles. The van der Waals surface area contributed by atoms with E-state index in [4.69, 9.17) is 0 Å². The number of para-hydroxylation sites is 1. The molecule has 5 atom stereocenters. The van der Waals surface area contributed by atoms with E-state index in [9.17, 15) is 24.6 Å². The molecule has 0 saturated carbocycles. The maximum atomic E-state index is 14.3. The molecule has 3 aliphatic rings. The van der Waals surface area contributed by atoms with E-state index in [-0.39, 0.29) is 31.5 Å². The molecule has 3 aliphatic heterocycles. The molecule has 2 amide bonds. The summed E-state index contributed by atoms with van der Waals surface area (Å²) in [6, 6.07) is 5.07. The lowest BCUT2D eigenvalue weighted by Crippen LogP contribution is -2.55. The number of carboxylic acids is 1. The molecule has 4 rings (SSSR count). The first-order valence-corrected chi connectivity index (χ1v) is 12.3. The molecule has 3 heterocycles.